The first kappa shape index (κ1) is 12.9. The molecule has 0 spiro atoms. The zero-order valence-electron chi connectivity index (χ0n) is 11.8. The van der Waals surface area contributed by atoms with E-state index in [2.05, 4.69) is 34.6 Å². The van der Waals surface area contributed by atoms with Crippen molar-refractivity contribution in [3.05, 3.63) is 57.5 Å². The van der Waals surface area contributed by atoms with E-state index in [1.807, 2.05) is 6.07 Å². The van der Waals surface area contributed by atoms with Crippen LogP contribution in [0, 0.1) is 34.6 Å². The quantitative estimate of drug-likeness (QED) is 0.869. The number of hydrogen-bond donors (Lipinski definition) is 1. The van der Waals surface area contributed by atoms with Gasteiger partial charge in [-0.3, -0.25) is 0 Å². The van der Waals surface area contributed by atoms with Crippen LogP contribution in [0.15, 0.2) is 23.0 Å². The van der Waals surface area contributed by atoms with Crippen molar-refractivity contribution in [2.24, 2.45) is 5.73 Å². The zero-order valence-corrected chi connectivity index (χ0v) is 11.8. The summed E-state index contributed by atoms with van der Waals surface area (Å²) in [5.41, 5.74) is 15.3. The topological polar surface area (TPSA) is 39.2 Å². The van der Waals surface area contributed by atoms with Crippen molar-refractivity contribution in [3.8, 4) is 0 Å². The molecular weight excluding hydrogens is 222 g/mol. The maximum absolute atomic E-state index is 6.39. The minimum Gasteiger partial charge on any atom is -0.472 e. The van der Waals surface area contributed by atoms with Crippen LogP contribution in [0.5, 0.6) is 0 Å². The first-order valence-electron chi connectivity index (χ1n) is 6.29. The summed E-state index contributed by atoms with van der Waals surface area (Å²) >= 11 is 0. The molecule has 0 radical (unpaired) electrons. The predicted octanol–water partition coefficient (Wildman–Crippen LogP) is 3.87. The Morgan fingerprint density at radius 3 is 1.83 bits per heavy atom. The van der Waals surface area contributed by atoms with E-state index in [0.29, 0.717) is 0 Å². The van der Waals surface area contributed by atoms with Crippen LogP contribution in [0.3, 0.4) is 0 Å². The second kappa shape index (κ2) is 4.62. The summed E-state index contributed by atoms with van der Waals surface area (Å²) in [5, 5.41) is 0. The summed E-state index contributed by atoms with van der Waals surface area (Å²) in [7, 11) is 0. The fraction of sp³-hybridized carbons (Fsp3) is 0.375. The number of hydrogen-bond acceptors (Lipinski definition) is 2. The van der Waals surface area contributed by atoms with Crippen LogP contribution in [-0.2, 0) is 0 Å². The van der Waals surface area contributed by atoms with Gasteiger partial charge in [-0.15, -0.1) is 0 Å². The summed E-state index contributed by atoms with van der Waals surface area (Å²) in [6.45, 7) is 10.8. The van der Waals surface area contributed by atoms with Gasteiger partial charge in [0.15, 0.2) is 0 Å². The van der Waals surface area contributed by atoms with E-state index >= 15 is 0 Å². The lowest BCUT2D eigenvalue weighted by atomic mass is 9.85. The van der Waals surface area contributed by atoms with E-state index in [0.717, 1.165) is 5.56 Å². The van der Waals surface area contributed by atoms with Gasteiger partial charge in [0.2, 0.25) is 0 Å². The predicted molar refractivity (Wildman–Crippen MR) is 74.9 cm³/mol. The van der Waals surface area contributed by atoms with Crippen molar-refractivity contribution in [2.45, 2.75) is 40.7 Å². The van der Waals surface area contributed by atoms with Gasteiger partial charge in [0, 0.05) is 5.56 Å². The van der Waals surface area contributed by atoms with Crippen molar-refractivity contribution in [1.82, 2.24) is 0 Å². The highest BCUT2D eigenvalue weighted by Gasteiger charge is 2.19. The standard InChI is InChI=1S/C16H21NO/c1-9-10(2)12(4)15(13(5)11(9)3)16(17)14-6-7-18-8-14/h6-8,16H,17H2,1-5H3. The maximum Gasteiger partial charge on any atom is 0.0953 e. The lowest BCUT2D eigenvalue weighted by Gasteiger charge is -2.22. The Balaban J connectivity index is 2.65. The molecule has 96 valence electrons. The van der Waals surface area contributed by atoms with Crippen LogP contribution >= 0.6 is 0 Å². The minimum atomic E-state index is -0.109. The average Bonchev–Trinajstić information content (AvgIpc) is 2.88. The van der Waals surface area contributed by atoms with Crippen LogP contribution in [-0.4, -0.2) is 0 Å². The van der Waals surface area contributed by atoms with Crippen LogP contribution < -0.4 is 5.73 Å². The molecule has 2 N–H and O–H groups in total. The largest absolute Gasteiger partial charge is 0.472 e. The molecule has 1 atom stereocenters. The highest BCUT2D eigenvalue weighted by Crippen LogP contribution is 2.32. The molecule has 2 nitrogen and oxygen atoms in total. The normalized spacial score (nSPS) is 12.8. The van der Waals surface area contributed by atoms with E-state index in [1.54, 1.807) is 12.5 Å². The molecule has 2 heteroatoms. The van der Waals surface area contributed by atoms with E-state index in [-0.39, 0.29) is 6.04 Å². The molecule has 0 fully saturated rings. The summed E-state index contributed by atoms with van der Waals surface area (Å²) in [5.74, 6) is 0. The fourth-order valence-electron chi connectivity index (χ4n) is 2.61. The third-order valence-electron chi connectivity index (χ3n) is 4.27. The highest BCUT2D eigenvalue weighted by molar-refractivity contribution is 5.52. The molecule has 0 bridgehead atoms. The van der Waals surface area contributed by atoms with Gasteiger partial charge in [0.25, 0.3) is 0 Å². The Hall–Kier alpha value is -1.54. The lowest BCUT2D eigenvalue weighted by molar-refractivity contribution is 0.562. The van der Waals surface area contributed by atoms with Crippen LogP contribution in [0.4, 0.5) is 0 Å². The fourth-order valence-corrected chi connectivity index (χ4v) is 2.61. The van der Waals surface area contributed by atoms with E-state index in [1.165, 1.54) is 33.4 Å². The molecule has 2 rings (SSSR count). The average molecular weight is 243 g/mol. The molecule has 18 heavy (non-hydrogen) atoms. The van der Waals surface area contributed by atoms with Gasteiger partial charge in [-0.2, -0.15) is 0 Å². The molecule has 2 aromatic rings. The number of nitrogens with two attached hydrogens (primary N) is 1. The molecule has 1 unspecified atom stereocenters. The molecule has 0 saturated heterocycles. The number of furan rings is 1. The highest BCUT2D eigenvalue weighted by atomic mass is 16.3. The van der Waals surface area contributed by atoms with E-state index < -0.39 is 0 Å². The van der Waals surface area contributed by atoms with Gasteiger partial charge in [-0.25, -0.2) is 0 Å². The first-order valence-corrected chi connectivity index (χ1v) is 6.29. The molecule has 1 heterocycles. The Kier molecular flexibility index (Phi) is 3.31. The summed E-state index contributed by atoms with van der Waals surface area (Å²) < 4.78 is 5.14. The van der Waals surface area contributed by atoms with Crippen molar-refractivity contribution >= 4 is 0 Å². The van der Waals surface area contributed by atoms with Crippen LogP contribution in [0.1, 0.15) is 45.0 Å². The Morgan fingerprint density at radius 1 is 0.889 bits per heavy atom. The van der Waals surface area contributed by atoms with E-state index in [4.69, 9.17) is 10.2 Å². The molecule has 1 aromatic heterocycles. The van der Waals surface area contributed by atoms with E-state index in [9.17, 15) is 0 Å². The third-order valence-corrected chi connectivity index (χ3v) is 4.27. The smallest absolute Gasteiger partial charge is 0.0953 e. The zero-order chi connectivity index (χ0) is 13.4. The molecular formula is C16H21NO. The summed E-state index contributed by atoms with van der Waals surface area (Å²) in [6.07, 6.45) is 3.40. The molecule has 1 aromatic carbocycles. The van der Waals surface area contributed by atoms with Gasteiger partial charge in [0.05, 0.1) is 18.6 Å². The first-order chi connectivity index (χ1) is 8.45. The number of rotatable bonds is 2. The molecule has 0 aliphatic rings. The van der Waals surface area contributed by atoms with Gasteiger partial charge >= 0.3 is 0 Å². The minimum absolute atomic E-state index is 0.109. The van der Waals surface area contributed by atoms with Crippen LogP contribution in [0.25, 0.3) is 0 Å². The molecule has 0 amide bonds. The van der Waals surface area contributed by atoms with Gasteiger partial charge < -0.3 is 10.2 Å². The molecule has 0 aliphatic heterocycles. The lowest BCUT2D eigenvalue weighted by Crippen LogP contribution is -2.16. The Labute approximate surface area is 109 Å². The molecule has 0 saturated carbocycles. The van der Waals surface area contributed by atoms with Gasteiger partial charge in [-0.1, -0.05) is 0 Å². The van der Waals surface area contributed by atoms with Crippen molar-refractivity contribution in [2.75, 3.05) is 0 Å². The van der Waals surface area contributed by atoms with Crippen molar-refractivity contribution in [3.63, 3.8) is 0 Å². The monoisotopic (exact) mass is 243 g/mol. The Morgan fingerprint density at radius 2 is 1.39 bits per heavy atom. The summed E-state index contributed by atoms with van der Waals surface area (Å²) in [6, 6.07) is 1.83. The second-order valence-corrected chi connectivity index (χ2v) is 5.07. The van der Waals surface area contributed by atoms with Crippen molar-refractivity contribution < 1.29 is 4.42 Å². The third kappa shape index (κ3) is 1.87. The van der Waals surface area contributed by atoms with Gasteiger partial charge in [0.1, 0.15) is 0 Å². The van der Waals surface area contributed by atoms with Crippen LogP contribution in [0.2, 0.25) is 0 Å². The number of benzene rings is 1. The molecule has 0 aliphatic carbocycles. The van der Waals surface area contributed by atoms with Gasteiger partial charge in [-0.05, 0) is 74.1 Å². The summed E-state index contributed by atoms with van der Waals surface area (Å²) in [4.78, 5) is 0. The van der Waals surface area contributed by atoms with Crippen molar-refractivity contribution in [1.29, 1.82) is 0 Å². The second-order valence-electron chi connectivity index (χ2n) is 5.07. The maximum atomic E-state index is 6.39. The SMILES string of the molecule is Cc1c(C)c(C)c(C(N)c2ccoc2)c(C)c1C. The Bertz CT molecular complexity index is 538.